The Morgan fingerprint density at radius 2 is 2.06 bits per heavy atom. The molecule has 0 spiro atoms. The van der Waals surface area contributed by atoms with Gasteiger partial charge in [-0.05, 0) is 37.0 Å². The molecule has 1 aromatic carbocycles. The Labute approximate surface area is 106 Å². The third-order valence-corrected chi connectivity index (χ3v) is 4.09. The van der Waals surface area contributed by atoms with Gasteiger partial charge in [-0.1, -0.05) is 19.1 Å². The monoisotopic (exact) mass is 247 g/mol. The van der Waals surface area contributed by atoms with E-state index < -0.39 is 0 Å². The number of nitrogens with zero attached hydrogens (tertiary/aromatic N) is 2. The third-order valence-electron chi connectivity index (χ3n) is 4.09. The van der Waals surface area contributed by atoms with Crippen molar-refractivity contribution in [3.8, 4) is 0 Å². The van der Waals surface area contributed by atoms with Crippen molar-refractivity contribution in [1.29, 1.82) is 0 Å². The first kappa shape index (κ1) is 11.5. The van der Waals surface area contributed by atoms with Gasteiger partial charge in [-0.25, -0.2) is 4.39 Å². The molecule has 1 atom stereocenters. The number of hydrogen-bond acceptors (Lipinski definition) is 3. The SMILES string of the molecule is CCC1(c2ccc(F)cc2)CN=C(N)N1C1CC1. The van der Waals surface area contributed by atoms with E-state index in [-0.39, 0.29) is 11.4 Å². The maximum atomic E-state index is 13.1. The van der Waals surface area contributed by atoms with Crippen LogP contribution in [-0.4, -0.2) is 23.4 Å². The first-order valence-electron chi connectivity index (χ1n) is 6.52. The van der Waals surface area contributed by atoms with Gasteiger partial charge < -0.3 is 10.6 Å². The average molecular weight is 247 g/mol. The molecule has 1 aliphatic carbocycles. The fraction of sp³-hybridized carbons (Fsp3) is 0.500. The van der Waals surface area contributed by atoms with E-state index in [2.05, 4.69) is 16.8 Å². The molecule has 0 bridgehead atoms. The minimum absolute atomic E-state index is 0.168. The summed E-state index contributed by atoms with van der Waals surface area (Å²) in [6, 6.07) is 7.28. The third kappa shape index (κ3) is 1.59. The summed E-state index contributed by atoms with van der Waals surface area (Å²) in [6.45, 7) is 2.82. The van der Waals surface area contributed by atoms with Crippen molar-refractivity contribution in [2.45, 2.75) is 37.8 Å². The summed E-state index contributed by atoms with van der Waals surface area (Å²) in [5.41, 5.74) is 6.99. The van der Waals surface area contributed by atoms with Crippen LogP contribution in [0.3, 0.4) is 0 Å². The van der Waals surface area contributed by atoms with Gasteiger partial charge in [0.15, 0.2) is 5.96 Å². The standard InChI is InChI=1S/C14H18FN3/c1-2-14(10-3-5-11(15)6-4-10)9-17-13(16)18(14)12-7-8-12/h3-6,12H,2,7-9H2,1H3,(H2,16,17). The Morgan fingerprint density at radius 3 is 2.61 bits per heavy atom. The number of aliphatic imine (C=N–C) groups is 1. The highest BCUT2D eigenvalue weighted by Gasteiger charge is 2.48. The number of nitrogens with two attached hydrogens (primary N) is 1. The molecule has 0 radical (unpaired) electrons. The molecule has 0 amide bonds. The minimum atomic E-state index is -0.199. The Kier molecular flexibility index (Phi) is 2.54. The van der Waals surface area contributed by atoms with Crippen LogP contribution in [0, 0.1) is 5.82 Å². The summed E-state index contributed by atoms with van der Waals surface area (Å²) in [5.74, 6) is 0.443. The molecule has 18 heavy (non-hydrogen) atoms. The zero-order chi connectivity index (χ0) is 12.8. The highest BCUT2D eigenvalue weighted by atomic mass is 19.1. The maximum Gasteiger partial charge on any atom is 0.192 e. The van der Waals surface area contributed by atoms with Crippen molar-refractivity contribution < 1.29 is 4.39 Å². The first-order chi connectivity index (χ1) is 8.67. The van der Waals surface area contributed by atoms with E-state index in [1.54, 1.807) is 0 Å². The van der Waals surface area contributed by atoms with Crippen LogP contribution in [0.25, 0.3) is 0 Å². The van der Waals surface area contributed by atoms with Gasteiger partial charge in [0.2, 0.25) is 0 Å². The summed E-state index contributed by atoms with van der Waals surface area (Å²) in [4.78, 5) is 6.68. The largest absolute Gasteiger partial charge is 0.370 e. The lowest BCUT2D eigenvalue weighted by Gasteiger charge is -2.39. The lowest BCUT2D eigenvalue weighted by Crippen LogP contribution is -2.50. The van der Waals surface area contributed by atoms with Crippen LogP contribution in [-0.2, 0) is 5.54 Å². The number of benzene rings is 1. The van der Waals surface area contributed by atoms with Crippen LogP contribution in [0.15, 0.2) is 29.3 Å². The molecule has 0 saturated heterocycles. The van der Waals surface area contributed by atoms with Crippen LogP contribution < -0.4 is 5.73 Å². The van der Waals surface area contributed by atoms with Gasteiger partial charge in [-0.3, -0.25) is 4.99 Å². The van der Waals surface area contributed by atoms with E-state index in [4.69, 9.17) is 5.73 Å². The molecule has 1 aromatic rings. The Hall–Kier alpha value is -1.58. The number of guanidine groups is 1. The molecule has 2 aliphatic rings. The Balaban J connectivity index is 2.01. The molecule has 1 saturated carbocycles. The molecular weight excluding hydrogens is 229 g/mol. The molecule has 2 N–H and O–H groups in total. The van der Waals surface area contributed by atoms with Gasteiger partial charge >= 0.3 is 0 Å². The molecule has 4 heteroatoms. The number of halogens is 1. The van der Waals surface area contributed by atoms with E-state index in [0.717, 1.165) is 12.0 Å². The maximum absolute atomic E-state index is 13.1. The van der Waals surface area contributed by atoms with Crippen LogP contribution in [0.5, 0.6) is 0 Å². The lowest BCUT2D eigenvalue weighted by molar-refractivity contribution is 0.185. The summed E-state index contributed by atoms with van der Waals surface area (Å²) in [5, 5.41) is 0. The second-order valence-corrected chi connectivity index (χ2v) is 5.17. The summed E-state index contributed by atoms with van der Waals surface area (Å²) in [6.07, 6.45) is 3.29. The zero-order valence-electron chi connectivity index (χ0n) is 10.6. The topological polar surface area (TPSA) is 41.6 Å². The lowest BCUT2D eigenvalue weighted by atomic mass is 9.86. The van der Waals surface area contributed by atoms with Crippen LogP contribution in [0.1, 0.15) is 31.7 Å². The molecular formula is C14H18FN3. The smallest absolute Gasteiger partial charge is 0.192 e. The van der Waals surface area contributed by atoms with Gasteiger partial charge in [-0.2, -0.15) is 0 Å². The van der Waals surface area contributed by atoms with Crippen molar-refractivity contribution in [2.24, 2.45) is 10.7 Å². The van der Waals surface area contributed by atoms with Gasteiger partial charge in [-0.15, -0.1) is 0 Å². The Morgan fingerprint density at radius 1 is 1.39 bits per heavy atom. The molecule has 1 heterocycles. The van der Waals surface area contributed by atoms with Crippen LogP contribution in [0.2, 0.25) is 0 Å². The van der Waals surface area contributed by atoms with Gasteiger partial charge in [0.25, 0.3) is 0 Å². The van der Waals surface area contributed by atoms with E-state index in [1.165, 1.54) is 25.0 Å². The van der Waals surface area contributed by atoms with E-state index in [1.807, 2.05) is 12.1 Å². The fourth-order valence-electron chi connectivity index (χ4n) is 2.93. The normalized spacial score (nSPS) is 27.4. The predicted molar refractivity (Wildman–Crippen MR) is 69.7 cm³/mol. The fourth-order valence-corrected chi connectivity index (χ4v) is 2.93. The van der Waals surface area contributed by atoms with Crippen molar-refractivity contribution in [3.05, 3.63) is 35.6 Å². The quantitative estimate of drug-likeness (QED) is 0.890. The Bertz CT molecular complexity index is 478. The molecule has 96 valence electrons. The zero-order valence-corrected chi connectivity index (χ0v) is 10.6. The van der Waals surface area contributed by atoms with Crippen molar-refractivity contribution in [2.75, 3.05) is 6.54 Å². The van der Waals surface area contributed by atoms with E-state index in [0.29, 0.717) is 18.5 Å². The van der Waals surface area contributed by atoms with Crippen molar-refractivity contribution in [3.63, 3.8) is 0 Å². The van der Waals surface area contributed by atoms with Crippen LogP contribution >= 0.6 is 0 Å². The van der Waals surface area contributed by atoms with Crippen molar-refractivity contribution >= 4 is 5.96 Å². The first-order valence-corrected chi connectivity index (χ1v) is 6.52. The summed E-state index contributed by atoms with van der Waals surface area (Å²) in [7, 11) is 0. The average Bonchev–Trinajstić information content (AvgIpc) is 3.15. The molecule has 0 aromatic heterocycles. The van der Waals surface area contributed by atoms with Gasteiger partial charge in [0, 0.05) is 6.04 Å². The van der Waals surface area contributed by atoms with Crippen LogP contribution in [0.4, 0.5) is 4.39 Å². The van der Waals surface area contributed by atoms with Gasteiger partial charge in [0.1, 0.15) is 5.82 Å². The summed E-state index contributed by atoms with van der Waals surface area (Å²) < 4.78 is 13.1. The minimum Gasteiger partial charge on any atom is -0.370 e. The number of hydrogen-bond donors (Lipinski definition) is 1. The van der Waals surface area contributed by atoms with Crippen molar-refractivity contribution in [1.82, 2.24) is 4.90 Å². The highest BCUT2D eigenvalue weighted by Crippen LogP contribution is 2.43. The molecule has 3 nitrogen and oxygen atoms in total. The van der Waals surface area contributed by atoms with E-state index >= 15 is 0 Å². The second kappa shape index (κ2) is 3.97. The predicted octanol–water partition coefficient (Wildman–Crippen LogP) is 2.22. The molecule has 1 aliphatic heterocycles. The number of rotatable bonds is 3. The highest BCUT2D eigenvalue weighted by molar-refractivity contribution is 5.82. The molecule has 1 unspecified atom stereocenters. The second-order valence-electron chi connectivity index (χ2n) is 5.17. The van der Waals surface area contributed by atoms with E-state index in [9.17, 15) is 4.39 Å². The molecule has 3 rings (SSSR count). The summed E-state index contributed by atoms with van der Waals surface area (Å²) >= 11 is 0. The van der Waals surface area contributed by atoms with Gasteiger partial charge in [0.05, 0.1) is 12.1 Å². The molecule has 1 fully saturated rings.